The number of aliphatic carboxylic acids is 1. The average molecular weight is 331 g/mol. The maximum atomic E-state index is 12.2. The van der Waals surface area contributed by atoms with Crippen molar-refractivity contribution in [2.75, 3.05) is 6.61 Å². The van der Waals surface area contributed by atoms with Crippen LogP contribution in [-0.2, 0) is 11.2 Å². The van der Waals surface area contributed by atoms with E-state index in [-0.39, 0.29) is 34.8 Å². The summed E-state index contributed by atoms with van der Waals surface area (Å²) in [7, 11) is 0. The van der Waals surface area contributed by atoms with Gasteiger partial charge in [-0.15, -0.1) is 0 Å². The number of hydrogen-bond donors (Lipinski definition) is 1. The third-order valence-corrected chi connectivity index (χ3v) is 4.47. The summed E-state index contributed by atoms with van der Waals surface area (Å²) in [6.45, 7) is 2.21. The molecule has 4 nitrogen and oxygen atoms in total. The minimum Gasteiger partial charge on any atom is -0.492 e. The fourth-order valence-corrected chi connectivity index (χ4v) is 2.99. The van der Waals surface area contributed by atoms with Gasteiger partial charge in [-0.2, -0.15) is 0 Å². The molecule has 0 heterocycles. The molecule has 1 atom stereocenters. The molecule has 0 bridgehead atoms. The number of Topliss-reactive ketones (excluding diaryl/α,β-unsaturated/α-hetero) is 1. The number of hydrogen-bond acceptors (Lipinski definition) is 3. The molecule has 1 aliphatic rings. The number of benzene rings is 1. The van der Waals surface area contributed by atoms with E-state index in [1.54, 1.807) is 6.07 Å². The van der Waals surface area contributed by atoms with Crippen molar-refractivity contribution in [3.05, 3.63) is 27.2 Å². The predicted octanol–water partition coefficient (Wildman–Crippen LogP) is 4.00. The Morgan fingerprint density at radius 1 is 1.43 bits per heavy atom. The lowest BCUT2D eigenvalue weighted by molar-refractivity contribution is -0.137. The van der Waals surface area contributed by atoms with E-state index in [4.69, 9.17) is 33.0 Å². The smallest absolute Gasteiger partial charge is 0.303 e. The predicted molar refractivity (Wildman–Crippen MR) is 80.6 cm³/mol. The van der Waals surface area contributed by atoms with E-state index < -0.39 is 5.97 Å². The summed E-state index contributed by atoms with van der Waals surface area (Å²) in [5.41, 5.74) is 1.36. The van der Waals surface area contributed by atoms with Crippen molar-refractivity contribution in [1.82, 2.24) is 0 Å². The number of ketones is 1. The molecule has 1 aromatic carbocycles. The average Bonchev–Trinajstić information content (AvgIpc) is 2.76. The van der Waals surface area contributed by atoms with Crippen LogP contribution in [0.25, 0.3) is 0 Å². The molecule has 0 spiro atoms. The Morgan fingerprint density at radius 3 is 2.76 bits per heavy atom. The van der Waals surface area contributed by atoms with Crippen molar-refractivity contribution in [2.45, 2.75) is 32.6 Å². The van der Waals surface area contributed by atoms with E-state index in [1.807, 2.05) is 6.92 Å². The molecule has 0 radical (unpaired) electrons. The highest BCUT2D eigenvalue weighted by Gasteiger charge is 2.33. The van der Waals surface area contributed by atoms with Gasteiger partial charge in [0.15, 0.2) is 5.78 Å². The molecular weight excluding hydrogens is 315 g/mol. The number of rotatable bonds is 6. The molecule has 0 saturated heterocycles. The van der Waals surface area contributed by atoms with Crippen LogP contribution < -0.4 is 4.74 Å². The Bertz CT molecular complexity index is 584. The molecule has 0 aromatic heterocycles. The van der Waals surface area contributed by atoms with Crippen LogP contribution >= 0.6 is 23.2 Å². The topological polar surface area (TPSA) is 63.6 Å². The van der Waals surface area contributed by atoms with Crippen LogP contribution in [0, 0.1) is 5.92 Å². The number of carbonyl (C=O) groups excluding carboxylic acids is 1. The summed E-state index contributed by atoms with van der Waals surface area (Å²) < 4.78 is 5.51. The summed E-state index contributed by atoms with van der Waals surface area (Å²) in [4.78, 5) is 22.6. The second kappa shape index (κ2) is 6.67. The van der Waals surface area contributed by atoms with Gasteiger partial charge in [0, 0.05) is 17.9 Å². The van der Waals surface area contributed by atoms with E-state index >= 15 is 0 Å². The number of carbonyl (C=O) groups is 2. The standard InChI is InChI=1S/C15H16Cl2O4/c1-2-8-6-9-7-10(21-5-3-4-11(18)19)13(16)14(17)12(9)15(8)20/h7-8H,2-6H2,1H3,(H,18,19). The highest BCUT2D eigenvalue weighted by molar-refractivity contribution is 6.45. The van der Waals surface area contributed by atoms with Gasteiger partial charge in [-0.3, -0.25) is 9.59 Å². The molecule has 0 aliphatic heterocycles. The third-order valence-electron chi connectivity index (χ3n) is 3.62. The molecule has 0 fully saturated rings. The van der Waals surface area contributed by atoms with Gasteiger partial charge in [-0.1, -0.05) is 30.1 Å². The number of carboxylic acid groups (broad SMARTS) is 1. The van der Waals surface area contributed by atoms with Gasteiger partial charge in [-0.25, -0.2) is 0 Å². The molecular formula is C15H16Cl2O4. The van der Waals surface area contributed by atoms with Crippen LogP contribution in [-0.4, -0.2) is 23.5 Å². The van der Waals surface area contributed by atoms with E-state index in [2.05, 4.69) is 0 Å². The third kappa shape index (κ3) is 3.33. The molecule has 2 rings (SSSR count). The second-order valence-electron chi connectivity index (χ2n) is 5.06. The first-order valence-corrected chi connectivity index (χ1v) is 7.61. The van der Waals surface area contributed by atoms with Gasteiger partial charge in [0.05, 0.1) is 11.6 Å². The van der Waals surface area contributed by atoms with Crippen LogP contribution in [0.4, 0.5) is 0 Å². The molecule has 1 aromatic rings. The monoisotopic (exact) mass is 330 g/mol. The number of halogens is 2. The molecule has 1 aliphatic carbocycles. The summed E-state index contributed by atoms with van der Waals surface area (Å²) in [6, 6.07) is 1.75. The maximum absolute atomic E-state index is 12.2. The molecule has 0 saturated carbocycles. The first-order valence-electron chi connectivity index (χ1n) is 6.85. The van der Waals surface area contributed by atoms with Gasteiger partial charge in [0.1, 0.15) is 10.8 Å². The first-order chi connectivity index (χ1) is 9.95. The second-order valence-corrected chi connectivity index (χ2v) is 5.81. The van der Waals surface area contributed by atoms with Gasteiger partial charge in [0.2, 0.25) is 0 Å². The fraction of sp³-hybridized carbons (Fsp3) is 0.467. The van der Waals surface area contributed by atoms with Crippen LogP contribution in [0.3, 0.4) is 0 Å². The Kier molecular flexibility index (Phi) is 5.12. The molecule has 6 heteroatoms. The van der Waals surface area contributed by atoms with E-state index in [1.165, 1.54) is 0 Å². The number of fused-ring (bicyclic) bond motifs is 1. The van der Waals surface area contributed by atoms with Gasteiger partial charge in [-0.05, 0) is 30.9 Å². The van der Waals surface area contributed by atoms with Crippen molar-refractivity contribution in [3.63, 3.8) is 0 Å². The number of ether oxygens (including phenoxy) is 1. The first kappa shape index (κ1) is 16.1. The summed E-state index contributed by atoms with van der Waals surface area (Å²) >= 11 is 12.3. The lowest BCUT2D eigenvalue weighted by atomic mass is 10.0. The largest absolute Gasteiger partial charge is 0.492 e. The minimum absolute atomic E-state index is 0.0344. The lowest BCUT2D eigenvalue weighted by Crippen LogP contribution is -2.07. The zero-order valence-electron chi connectivity index (χ0n) is 11.6. The quantitative estimate of drug-likeness (QED) is 0.800. The lowest BCUT2D eigenvalue weighted by Gasteiger charge is -2.11. The van der Waals surface area contributed by atoms with Crippen LogP contribution in [0.15, 0.2) is 6.07 Å². The highest BCUT2D eigenvalue weighted by Crippen LogP contribution is 2.42. The zero-order valence-corrected chi connectivity index (χ0v) is 13.1. The molecule has 1 unspecified atom stereocenters. The summed E-state index contributed by atoms with van der Waals surface area (Å²) in [6.07, 6.45) is 1.83. The van der Waals surface area contributed by atoms with E-state index in [0.717, 1.165) is 12.0 Å². The van der Waals surface area contributed by atoms with Gasteiger partial charge < -0.3 is 9.84 Å². The van der Waals surface area contributed by atoms with Crippen molar-refractivity contribution in [1.29, 1.82) is 0 Å². The van der Waals surface area contributed by atoms with E-state index in [9.17, 15) is 9.59 Å². The van der Waals surface area contributed by atoms with Crippen molar-refractivity contribution in [2.24, 2.45) is 5.92 Å². The molecule has 114 valence electrons. The summed E-state index contributed by atoms with van der Waals surface area (Å²) in [5.74, 6) is -0.462. The van der Waals surface area contributed by atoms with Crippen LogP contribution in [0.5, 0.6) is 5.75 Å². The number of carboxylic acids is 1. The Morgan fingerprint density at radius 2 is 2.14 bits per heavy atom. The minimum atomic E-state index is -0.868. The summed E-state index contributed by atoms with van der Waals surface area (Å²) in [5, 5.41) is 9.04. The normalized spacial score (nSPS) is 16.9. The Labute approximate surface area is 133 Å². The highest BCUT2D eigenvalue weighted by atomic mass is 35.5. The Hall–Kier alpha value is -1.26. The Balaban J connectivity index is 2.17. The van der Waals surface area contributed by atoms with E-state index in [0.29, 0.717) is 24.2 Å². The zero-order chi connectivity index (χ0) is 15.6. The SMILES string of the molecule is CCC1Cc2cc(OCCCC(=O)O)c(Cl)c(Cl)c2C1=O. The van der Waals surface area contributed by atoms with Crippen molar-refractivity contribution >= 4 is 35.0 Å². The molecule has 0 amide bonds. The van der Waals surface area contributed by atoms with Gasteiger partial charge in [0.25, 0.3) is 0 Å². The maximum Gasteiger partial charge on any atom is 0.303 e. The van der Waals surface area contributed by atoms with Crippen LogP contribution in [0.1, 0.15) is 42.1 Å². The van der Waals surface area contributed by atoms with Gasteiger partial charge >= 0.3 is 5.97 Å². The molecule has 1 N–H and O–H groups in total. The van der Waals surface area contributed by atoms with Crippen molar-refractivity contribution < 1.29 is 19.4 Å². The molecule has 21 heavy (non-hydrogen) atoms. The fourth-order valence-electron chi connectivity index (χ4n) is 2.48. The van der Waals surface area contributed by atoms with Crippen molar-refractivity contribution in [3.8, 4) is 5.75 Å². The van der Waals surface area contributed by atoms with Crippen LogP contribution in [0.2, 0.25) is 10.0 Å².